The van der Waals surface area contributed by atoms with E-state index in [1.165, 1.54) is 6.07 Å². The Morgan fingerprint density at radius 2 is 1.96 bits per heavy atom. The van der Waals surface area contributed by atoms with Gasteiger partial charge in [-0.05, 0) is 24.3 Å². The lowest BCUT2D eigenvalue weighted by atomic mass is 10.3. The van der Waals surface area contributed by atoms with Gasteiger partial charge in [-0.1, -0.05) is 35.3 Å². The van der Waals surface area contributed by atoms with Crippen LogP contribution in [0.5, 0.6) is 0 Å². The van der Waals surface area contributed by atoms with Crippen LogP contribution >= 0.6 is 23.2 Å². The molecule has 0 saturated heterocycles. The fraction of sp³-hybridized carbons (Fsp3) is 0.133. The van der Waals surface area contributed by atoms with Crippen LogP contribution in [0.25, 0.3) is 5.65 Å². The zero-order valence-electron chi connectivity index (χ0n) is 11.9. The summed E-state index contributed by atoms with van der Waals surface area (Å²) in [6, 6.07) is 10.2. The van der Waals surface area contributed by atoms with E-state index < -0.39 is 10.0 Å². The molecule has 0 aliphatic carbocycles. The molecule has 1 N–H and O–H groups in total. The first-order chi connectivity index (χ1) is 11.0. The maximum absolute atomic E-state index is 12.3. The summed E-state index contributed by atoms with van der Waals surface area (Å²) in [5.41, 5.74) is 1.62. The molecule has 2 aromatic heterocycles. The van der Waals surface area contributed by atoms with Gasteiger partial charge in [0.25, 0.3) is 0 Å². The number of aromatic nitrogens is 2. The first kappa shape index (κ1) is 16.3. The molecule has 120 valence electrons. The Balaban J connectivity index is 1.71. The first-order valence-electron chi connectivity index (χ1n) is 6.84. The second kappa shape index (κ2) is 6.49. The average molecular weight is 370 g/mol. The minimum absolute atomic E-state index is 0.0226. The summed E-state index contributed by atoms with van der Waals surface area (Å²) in [4.78, 5) is 4.39. The predicted octanol–water partition coefficient (Wildman–Crippen LogP) is 3.16. The molecule has 3 rings (SSSR count). The number of benzene rings is 1. The van der Waals surface area contributed by atoms with Crippen LogP contribution in [0.4, 0.5) is 0 Å². The fourth-order valence-electron chi connectivity index (χ4n) is 2.19. The number of rotatable bonds is 5. The van der Waals surface area contributed by atoms with Gasteiger partial charge >= 0.3 is 0 Å². The number of fused-ring (bicyclic) bond motifs is 1. The molecule has 0 amide bonds. The van der Waals surface area contributed by atoms with Crippen molar-refractivity contribution in [1.82, 2.24) is 14.1 Å². The van der Waals surface area contributed by atoms with Gasteiger partial charge in [-0.3, -0.25) is 0 Å². The van der Waals surface area contributed by atoms with Gasteiger partial charge < -0.3 is 4.40 Å². The SMILES string of the molecule is O=S(=O)(NCCc1cn2ccccc2n1)c1cccc(Cl)c1Cl. The Kier molecular flexibility index (Phi) is 4.59. The van der Waals surface area contributed by atoms with Crippen molar-refractivity contribution in [2.75, 3.05) is 6.54 Å². The lowest BCUT2D eigenvalue weighted by molar-refractivity contribution is 0.581. The second-order valence-electron chi connectivity index (χ2n) is 4.90. The molecular weight excluding hydrogens is 357 g/mol. The van der Waals surface area contributed by atoms with Gasteiger partial charge in [0.05, 0.1) is 15.7 Å². The molecular formula is C15H13Cl2N3O2S. The number of nitrogens with one attached hydrogen (secondary N) is 1. The molecule has 0 spiro atoms. The Morgan fingerprint density at radius 3 is 2.74 bits per heavy atom. The van der Waals surface area contributed by atoms with Gasteiger partial charge in [-0.15, -0.1) is 0 Å². The van der Waals surface area contributed by atoms with Crippen LogP contribution < -0.4 is 4.72 Å². The van der Waals surface area contributed by atoms with Crippen molar-refractivity contribution < 1.29 is 8.42 Å². The second-order valence-corrected chi connectivity index (χ2v) is 7.42. The minimum Gasteiger partial charge on any atom is -0.307 e. The lowest BCUT2D eigenvalue weighted by Gasteiger charge is -2.08. The largest absolute Gasteiger partial charge is 0.307 e. The molecule has 0 fully saturated rings. The summed E-state index contributed by atoms with van der Waals surface area (Å²) in [6.07, 6.45) is 4.23. The highest BCUT2D eigenvalue weighted by Crippen LogP contribution is 2.28. The van der Waals surface area contributed by atoms with E-state index in [0.717, 1.165) is 11.3 Å². The van der Waals surface area contributed by atoms with Crippen molar-refractivity contribution in [3.63, 3.8) is 0 Å². The molecule has 0 radical (unpaired) electrons. The number of imidazole rings is 1. The van der Waals surface area contributed by atoms with E-state index in [9.17, 15) is 8.42 Å². The number of hydrogen-bond donors (Lipinski definition) is 1. The predicted molar refractivity (Wildman–Crippen MR) is 90.5 cm³/mol. The van der Waals surface area contributed by atoms with Crippen LogP contribution in [0.2, 0.25) is 10.0 Å². The van der Waals surface area contributed by atoms with Crippen molar-refractivity contribution in [2.24, 2.45) is 0 Å². The van der Waals surface area contributed by atoms with Crippen LogP contribution in [0, 0.1) is 0 Å². The standard InChI is InChI=1S/C15H13Cl2N3O2S/c16-12-4-3-5-13(15(12)17)23(21,22)18-8-7-11-10-20-9-2-1-6-14(20)19-11/h1-6,9-10,18H,7-8H2. The molecule has 2 heterocycles. The Labute approximate surface area is 143 Å². The molecule has 0 saturated carbocycles. The van der Waals surface area contributed by atoms with Crippen LogP contribution in [0.3, 0.4) is 0 Å². The van der Waals surface area contributed by atoms with Gasteiger partial charge in [0, 0.05) is 25.4 Å². The van der Waals surface area contributed by atoms with E-state index in [2.05, 4.69) is 9.71 Å². The third-order valence-corrected chi connectivity index (χ3v) is 5.73. The molecule has 8 heteroatoms. The van der Waals surface area contributed by atoms with Gasteiger partial charge in [0.1, 0.15) is 10.5 Å². The van der Waals surface area contributed by atoms with Crippen LogP contribution in [-0.2, 0) is 16.4 Å². The van der Waals surface area contributed by atoms with Crippen molar-refractivity contribution in [3.05, 3.63) is 64.5 Å². The third kappa shape index (κ3) is 3.50. The first-order valence-corrected chi connectivity index (χ1v) is 9.07. The number of hydrogen-bond acceptors (Lipinski definition) is 3. The van der Waals surface area contributed by atoms with E-state index in [1.807, 2.05) is 35.0 Å². The zero-order chi connectivity index (χ0) is 16.4. The molecule has 0 aliphatic heterocycles. The normalized spacial score (nSPS) is 11.9. The smallest absolute Gasteiger partial charge is 0.242 e. The minimum atomic E-state index is -3.71. The highest BCUT2D eigenvalue weighted by molar-refractivity contribution is 7.89. The summed E-state index contributed by atoms with van der Waals surface area (Å²) in [7, 11) is -3.71. The lowest BCUT2D eigenvalue weighted by Crippen LogP contribution is -2.26. The number of pyridine rings is 1. The molecule has 0 bridgehead atoms. The zero-order valence-corrected chi connectivity index (χ0v) is 14.2. The number of nitrogens with zero attached hydrogens (tertiary/aromatic N) is 2. The average Bonchev–Trinajstić information content (AvgIpc) is 2.92. The van der Waals surface area contributed by atoms with Gasteiger partial charge in [0.15, 0.2) is 0 Å². The molecule has 3 aromatic rings. The molecule has 0 atom stereocenters. The van der Waals surface area contributed by atoms with Crippen LogP contribution in [0.1, 0.15) is 5.69 Å². The Hall–Kier alpha value is -1.60. The summed E-state index contributed by atoms with van der Waals surface area (Å²) >= 11 is 11.8. The van der Waals surface area contributed by atoms with Crippen LogP contribution in [-0.4, -0.2) is 24.3 Å². The van der Waals surface area contributed by atoms with E-state index in [1.54, 1.807) is 12.1 Å². The monoisotopic (exact) mass is 369 g/mol. The summed E-state index contributed by atoms with van der Waals surface area (Å²) in [6.45, 7) is 0.217. The molecule has 23 heavy (non-hydrogen) atoms. The van der Waals surface area contributed by atoms with Crippen molar-refractivity contribution in [1.29, 1.82) is 0 Å². The van der Waals surface area contributed by atoms with E-state index in [4.69, 9.17) is 23.2 Å². The van der Waals surface area contributed by atoms with E-state index in [0.29, 0.717) is 6.42 Å². The quantitative estimate of drug-likeness (QED) is 0.751. The van der Waals surface area contributed by atoms with Gasteiger partial charge in [-0.2, -0.15) is 0 Å². The Morgan fingerprint density at radius 1 is 1.13 bits per heavy atom. The molecule has 1 aromatic carbocycles. The van der Waals surface area contributed by atoms with Gasteiger partial charge in [-0.25, -0.2) is 18.1 Å². The maximum Gasteiger partial charge on any atom is 0.242 e. The number of sulfonamides is 1. The summed E-state index contributed by atoms with van der Waals surface area (Å²) < 4.78 is 29.0. The molecule has 5 nitrogen and oxygen atoms in total. The third-order valence-electron chi connectivity index (χ3n) is 3.29. The highest BCUT2D eigenvalue weighted by Gasteiger charge is 2.19. The van der Waals surface area contributed by atoms with Crippen molar-refractivity contribution in [2.45, 2.75) is 11.3 Å². The van der Waals surface area contributed by atoms with E-state index in [-0.39, 0.29) is 21.5 Å². The summed E-state index contributed by atoms with van der Waals surface area (Å²) in [5.74, 6) is 0. The highest BCUT2D eigenvalue weighted by atomic mass is 35.5. The molecule has 0 aliphatic rings. The maximum atomic E-state index is 12.3. The van der Waals surface area contributed by atoms with Gasteiger partial charge in [0.2, 0.25) is 10.0 Å². The van der Waals surface area contributed by atoms with Crippen molar-refractivity contribution in [3.8, 4) is 0 Å². The topological polar surface area (TPSA) is 63.5 Å². The van der Waals surface area contributed by atoms with Crippen LogP contribution in [0.15, 0.2) is 53.7 Å². The molecule has 0 unspecified atom stereocenters. The number of halogens is 2. The van der Waals surface area contributed by atoms with E-state index >= 15 is 0 Å². The van der Waals surface area contributed by atoms with Crippen molar-refractivity contribution >= 4 is 38.9 Å². The summed E-state index contributed by atoms with van der Waals surface area (Å²) in [5, 5.41) is 0.226. The fourth-order valence-corrected chi connectivity index (χ4v) is 3.98. The Bertz CT molecular complexity index is 921.